The summed E-state index contributed by atoms with van der Waals surface area (Å²) < 4.78 is 2.71. The first kappa shape index (κ1) is 12.0. The van der Waals surface area contributed by atoms with E-state index >= 15 is 0 Å². The van der Waals surface area contributed by atoms with Gasteiger partial charge in [-0.1, -0.05) is 19.3 Å². The minimum absolute atomic E-state index is 0.355. The summed E-state index contributed by atoms with van der Waals surface area (Å²) in [6.07, 6.45) is 10.8. The van der Waals surface area contributed by atoms with Crippen LogP contribution in [0.1, 0.15) is 75.0 Å². The third-order valence-corrected chi connectivity index (χ3v) is 5.33. The van der Waals surface area contributed by atoms with E-state index < -0.39 is 0 Å². The highest BCUT2D eigenvalue weighted by molar-refractivity contribution is 5.26. The van der Waals surface area contributed by atoms with E-state index in [9.17, 15) is 0 Å². The van der Waals surface area contributed by atoms with Crippen LogP contribution < -0.4 is 5.32 Å². The molecule has 1 N–H and O–H groups in total. The van der Waals surface area contributed by atoms with Crippen molar-refractivity contribution in [2.24, 2.45) is 0 Å². The van der Waals surface area contributed by atoms with Crippen LogP contribution in [0.2, 0.25) is 0 Å². The lowest BCUT2D eigenvalue weighted by atomic mass is 9.82. The molecular weight excluding hydrogens is 234 g/mol. The highest BCUT2D eigenvalue weighted by Crippen LogP contribution is 2.45. The molecule has 1 aromatic heterocycles. The summed E-state index contributed by atoms with van der Waals surface area (Å²) in [5.41, 5.74) is 3.26. The number of hydrogen-bond acceptors (Lipinski definition) is 2. The molecule has 19 heavy (non-hydrogen) atoms. The fourth-order valence-electron chi connectivity index (χ4n) is 4.09. The standard InChI is InChI=1S/C16H25N3/c1-16(8-3-2-4-9-16)19-14-7-10-17-11-13(14)18-15(19)12-5-6-12/h12,17H,2-11H2,1H3. The molecule has 0 bridgehead atoms. The van der Waals surface area contributed by atoms with Gasteiger partial charge in [0.2, 0.25) is 0 Å². The van der Waals surface area contributed by atoms with Gasteiger partial charge in [-0.25, -0.2) is 4.98 Å². The molecule has 2 aliphatic carbocycles. The number of nitrogens with one attached hydrogen (secondary N) is 1. The molecule has 2 heterocycles. The average Bonchev–Trinajstić information content (AvgIpc) is 3.19. The van der Waals surface area contributed by atoms with Gasteiger partial charge in [-0.05, 0) is 32.6 Å². The molecule has 0 spiro atoms. The summed E-state index contributed by atoms with van der Waals surface area (Å²) in [6.45, 7) is 4.60. The minimum Gasteiger partial charge on any atom is -0.326 e. The fourth-order valence-corrected chi connectivity index (χ4v) is 4.09. The second-order valence-corrected chi connectivity index (χ2v) is 6.96. The van der Waals surface area contributed by atoms with Gasteiger partial charge in [0.05, 0.1) is 5.69 Å². The first-order chi connectivity index (χ1) is 9.28. The number of fused-ring (bicyclic) bond motifs is 1. The zero-order valence-electron chi connectivity index (χ0n) is 12.0. The van der Waals surface area contributed by atoms with E-state index in [0.717, 1.165) is 19.0 Å². The smallest absolute Gasteiger partial charge is 0.112 e. The van der Waals surface area contributed by atoms with E-state index in [-0.39, 0.29) is 0 Å². The van der Waals surface area contributed by atoms with Gasteiger partial charge in [-0.3, -0.25) is 0 Å². The number of aromatic nitrogens is 2. The predicted octanol–water partition coefficient (Wildman–Crippen LogP) is 3.09. The molecule has 3 nitrogen and oxygen atoms in total. The second kappa shape index (κ2) is 4.34. The molecule has 1 aromatic rings. The van der Waals surface area contributed by atoms with E-state index in [4.69, 9.17) is 4.98 Å². The van der Waals surface area contributed by atoms with Gasteiger partial charge in [0.1, 0.15) is 5.82 Å². The van der Waals surface area contributed by atoms with Gasteiger partial charge in [-0.15, -0.1) is 0 Å². The molecule has 0 saturated heterocycles. The van der Waals surface area contributed by atoms with Crippen LogP contribution in [0.4, 0.5) is 0 Å². The normalized spacial score (nSPS) is 26.2. The molecule has 2 saturated carbocycles. The molecule has 0 aromatic carbocycles. The number of nitrogens with zero attached hydrogens (tertiary/aromatic N) is 2. The SMILES string of the molecule is CC1(n2c(C3CC3)nc3c2CCNC3)CCCCC1. The molecule has 1 aliphatic heterocycles. The first-order valence-electron chi connectivity index (χ1n) is 8.09. The van der Waals surface area contributed by atoms with Crippen molar-refractivity contribution in [1.82, 2.24) is 14.9 Å². The van der Waals surface area contributed by atoms with E-state index in [1.165, 1.54) is 62.9 Å². The number of hydrogen-bond donors (Lipinski definition) is 1. The number of imidazole rings is 1. The monoisotopic (exact) mass is 259 g/mol. The first-order valence-corrected chi connectivity index (χ1v) is 8.09. The zero-order valence-corrected chi connectivity index (χ0v) is 12.0. The Morgan fingerprint density at radius 2 is 2.00 bits per heavy atom. The van der Waals surface area contributed by atoms with Gasteiger partial charge in [0, 0.05) is 36.7 Å². The Kier molecular flexibility index (Phi) is 2.73. The van der Waals surface area contributed by atoms with E-state index in [1.807, 2.05) is 0 Å². The van der Waals surface area contributed by atoms with Gasteiger partial charge < -0.3 is 9.88 Å². The van der Waals surface area contributed by atoms with Crippen LogP contribution in [-0.2, 0) is 18.5 Å². The maximum Gasteiger partial charge on any atom is 0.112 e. The van der Waals surface area contributed by atoms with Crippen LogP contribution in [0.5, 0.6) is 0 Å². The van der Waals surface area contributed by atoms with Gasteiger partial charge in [0.15, 0.2) is 0 Å². The van der Waals surface area contributed by atoms with Gasteiger partial charge in [0.25, 0.3) is 0 Å². The third kappa shape index (κ3) is 1.94. The van der Waals surface area contributed by atoms with Crippen molar-refractivity contribution in [3.05, 3.63) is 17.2 Å². The Labute approximate surface area is 115 Å². The number of rotatable bonds is 2. The van der Waals surface area contributed by atoms with Crippen LogP contribution in [-0.4, -0.2) is 16.1 Å². The zero-order chi connectivity index (χ0) is 12.9. The van der Waals surface area contributed by atoms with Crippen LogP contribution >= 0.6 is 0 Å². The molecule has 0 atom stereocenters. The maximum absolute atomic E-state index is 5.03. The van der Waals surface area contributed by atoms with Crippen molar-refractivity contribution < 1.29 is 0 Å². The summed E-state index contributed by atoms with van der Waals surface area (Å²) in [6, 6.07) is 0. The summed E-state index contributed by atoms with van der Waals surface area (Å²) in [4.78, 5) is 5.03. The van der Waals surface area contributed by atoms with E-state index in [0.29, 0.717) is 5.54 Å². The topological polar surface area (TPSA) is 29.9 Å². The highest BCUT2D eigenvalue weighted by atomic mass is 15.2. The van der Waals surface area contributed by atoms with Crippen molar-refractivity contribution >= 4 is 0 Å². The Morgan fingerprint density at radius 3 is 2.74 bits per heavy atom. The van der Waals surface area contributed by atoms with Crippen LogP contribution in [0.25, 0.3) is 0 Å². The van der Waals surface area contributed by atoms with Crippen molar-refractivity contribution in [2.45, 2.75) is 76.3 Å². The highest BCUT2D eigenvalue weighted by Gasteiger charge is 2.39. The predicted molar refractivity (Wildman–Crippen MR) is 76.3 cm³/mol. The molecule has 0 unspecified atom stereocenters. The van der Waals surface area contributed by atoms with Crippen LogP contribution in [0.3, 0.4) is 0 Å². The lowest BCUT2D eigenvalue weighted by molar-refractivity contribution is 0.207. The maximum atomic E-state index is 5.03. The van der Waals surface area contributed by atoms with Crippen molar-refractivity contribution in [2.75, 3.05) is 6.54 Å². The second-order valence-electron chi connectivity index (χ2n) is 6.96. The Morgan fingerprint density at radius 1 is 1.21 bits per heavy atom. The van der Waals surface area contributed by atoms with Crippen molar-refractivity contribution in [3.63, 3.8) is 0 Å². The quantitative estimate of drug-likeness (QED) is 0.884. The van der Waals surface area contributed by atoms with Gasteiger partial charge in [-0.2, -0.15) is 0 Å². The molecule has 0 amide bonds. The average molecular weight is 259 g/mol. The Hall–Kier alpha value is -0.830. The molecule has 4 rings (SSSR count). The van der Waals surface area contributed by atoms with Crippen LogP contribution in [0.15, 0.2) is 0 Å². The summed E-state index contributed by atoms with van der Waals surface area (Å²) in [5.74, 6) is 2.20. The van der Waals surface area contributed by atoms with Gasteiger partial charge >= 0.3 is 0 Å². The van der Waals surface area contributed by atoms with Crippen LogP contribution in [0, 0.1) is 0 Å². The molecule has 3 aliphatic rings. The summed E-state index contributed by atoms with van der Waals surface area (Å²) in [5, 5.41) is 3.48. The van der Waals surface area contributed by atoms with E-state index in [2.05, 4.69) is 16.8 Å². The van der Waals surface area contributed by atoms with Crippen molar-refractivity contribution in [3.8, 4) is 0 Å². The fraction of sp³-hybridized carbons (Fsp3) is 0.812. The minimum atomic E-state index is 0.355. The molecule has 2 fully saturated rings. The molecule has 0 radical (unpaired) electrons. The lowest BCUT2D eigenvalue weighted by Crippen LogP contribution is -2.37. The molecule has 3 heteroatoms. The molecular formula is C16H25N3. The Bertz CT molecular complexity index is 478. The summed E-state index contributed by atoms with van der Waals surface area (Å²) in [7, 11) is 0. The van der Waals surface area contributed by atoms with E-state index in [1.54, 1.807) is 5.69 Å². The Balaban J connectivity index is 1.81. The summed E-state index contributed by atoms with van der Waals surface area (Å²) >= 11 is 0. The van der Waals surface area contributed by atoms with Crippen molar-refractivity contribution in [1.29, 1.82) is 0 Å². The molecule has 104 valence electrons. The third-order valence-electron chi connectivity index (χ3n) is 5.33. The lowest BCUT2D eigenvalue weighted by Gasteiger charge is -2.38. The largest absolute Gasteiger partial charge is 0.326 e.